The van der Waals surface area contributed by atoms with E-state index in [1.54, 1.807) is 0 Å². The molecule has 0 aliphatic rings. The van der Waals surface area contributed by atoms with Crippen LogP contribution in [-0.4, -0.2) is 0 Å². The maximum atomic E-state index is 8.39. The fraction of sp³-hybridized carbons (Fsp3) is 0.364. The molecule has 1 heteroatoms. The average Bonchev–Trinajstić information content (AvgIpc) is 2.13. The van der Waals surface area contributed by atoms with Crippen LogP contribution in [0.4, 0.5) is 0 Å². The Morgan fingerprint density at radius 2 is 1.83 bits per heavy atom. The average molecular weight is 161 g/mol. The van der Waals surface area contributed by atoms with Gasteiger partial charge in [0.15, 0.2) is 0 Å². The highest BCUT2D eigenvalue weighted by Crippen LogP contribution is 2.06. The first-order chi connectivity index (χ1) is 5.84. The molecule has 1 rings (SSSR count). The number of nitriles is 1. The molecular formula is C11H15N. The van der Waals surface area contributed by atoms with E-state index in [1.165, 1.54) is 5.56 Å². The fourth-order valence-electron chi connectivity index (χ4n) is 0.894. The van der Waals surface area contributed by atoms with Crippen LogP contribution >= 0.6 is 0 Å². The number of rotatable bonds is 1. The number of aryl methyl sites for hydroxylation is 1. The molecule has 0 radical (unpaired) electrons. The summed E-state index contributed by atoms with van der Waals surface area (Å²) >= 11 is 0. The van der Waals surface area contributed by atoms with Gasteiger partial charge in [-0.2, -0.15) is 5.26 Å². The molecule has 0 atom stereocenters. The van der Waals surface area contributed by atoms with Crippen molar-refractivity contribution in [1.82, 2.24) is 0 Å². The Morgan fingerprint density at radius 1 is 1.25 bits per heavy atom. The minimum Gasteiger partial charge on any atom is -0.198 e. The van der Waals surface area contributed by atoms with Crippen LogP contribution in [0.1, 0.15) is 25.0 Å². The van der Waals surface area contributed by atoms with Crippen molar-refractivity contribution in [1.29, 1.82) is 5.26 Å². The van der Waals surface area contributed by atoms with Crippen LogP contribution in [0.3, 0.4) is 0 Å². The van der Waals surface area contributed by atoms with Crippen molar-refractivity contribution in [2.75, 3.05) is 0 Å². The van der Waals surface area contributed by atoms with E-state index >= 15 is 0 Å². The fourth-order valence-corrected chi connectivity index (χ4v) is 0.894. The van der Waals surface area contributed by atoms with Crippen molar-refractivity contribution in [2.45, 2.75) is 27.2 Å². The SMILES string of the molecule is CC.Cc1ccccc1CC#N. The Balaban J connectivity index is 0.000000561. The third-order valence-corrected chi connectivity index (χ3v) is 1.53. The van der Waals surface area contributed by atoms with E-state index in [1.807, 2.05) is 45.0 Å². The number of nitrogens with zero attached hydrogens (tertiary/aromatic N) is 1. The van der Waals surface area contributed by atoms with Gasteiger partial charge in [-0.3, -0.25) is 0 Å². The molecule has 0 fully saturated rings. The normalized spacial score (nSPS) is 7.83. The van der Waals surface area contributed by atoms with Gasteiger partial charge in [0.2, 0.25) is 0 Å². The molecule has 0 amide bonds. The molecule has 0 bridgehead atoms. The number of benzene rings is 1. The van der Waals surface area contributed by atoms with Crippen molar-refractivity contribution in [2.24, 2.45) is 0 Å². The first-order valence-electron chi connectivity index (χ1n) is 4.26. The highest BCUT2D eigenvalue weighted by molar-refractivity contribution is 5.27. The van der Waals surface area contributed by atoms with Gasteiger partial charge in [-0.05, 0) is 18.1 Å². The molecule has 0 N–H and O–H groups in total. The standard InChI is InChI=1S/C9H9N.C2H6/c1-8-4-2-3-5-9(8)6-7-10;1-2/h2-5H,6H2,1H3;1-2H3. The van der Waals surface area contributed by atoms with Crippen molar-refractivity contribution in [3.8, 4) is 6.07 Å². The molecule has 1 nitrogen and oxygen atoms in total. The van der Waals surface area contributed by atoms with Crippen LogP contribution < -0.4 is 0 Å². The second kappa shape index (κ2) is 6.42. The Hall–Kier alpha value is -1.29. The van der Waals surface area contributed by atoms with Crippen LogP contribution in [0.2, 0.25) is 0 Å². The zero-order chi connectivity index (χ0) is 9.40. The maximum absolute atomic E-state index is 8.39. The van der Waals surface area contributed by atoms with Crippen molar-refractivity contribution in [3.05, 3.63) is 35.4 Å². The molecule has 0 aliphatic heterocycles. The maximum Gasteiger partial charge on any atom is 0.0669 e. The molecule has 0 saturated carbocycles. The second-order valence-electron chi connectivity index (χ2n) is 2.26. The monoisotopic (exact) mass is 161 g/mol. The first kappa shape index (κ1) is 10.7. The van der Waals surface area contributed by atoms with Gasteiger partial charge in [0, 0.05) is 0 Å². The lowest BCUT2D eigenvalue weighted by Crippen LogP contribution is -1.84. The van der Waals surface area contributed by atoms with Gasteiger partial charge in [0.25, 0.3) is 0 Å². The van der Waals surface area contributed by atoms with Gasteiger partial charge in [-0.15, -0.1) is 0 Å². The summed E-state index contributed by atoms with van der Waals surface area (Å²) in [6, 6.07) is 10.1. The molecule has 0 aliphatic carbocycles. The predicted molar refractivity (Wildman–Crippen MR) is 51.8 cm³/mol. The third kappa shape index (κ3) is 3.21. The summed E-state index contributed by atoms with van der Waals surface area (Å²) < 4.78 is 0. The van der Waals surface area contributed by atoms with Crippen LogP contribution in [0, 0.1) is 18.3 Å². The zero-order valence-corrected chi connectivity index (χ0v) is 7.96. The second-order valence-corrected chi connectivity index (χ2v) is 2.26. The van der Waals surface area contributed by atoms with E-state index in [0.717, 1.165) is 5.56 Å². The van der Waals surface area contributed by atoms with Gasteiger partial charge in [0.05, 0.1) is 12.5 Å². The molecule has 0 spiro atoms. The van der Waals surface area contributed by atoms with E-state index in [-0.39, 0.29) is 0 Å². The molecule has 0 unspecified atom stereocenters. The van der Waals surface area contributed by atoms with Crippen molar-refractivity contribution < 1.29 is 0 Å². The van der Waals surface area contributed by atoms with E-state index in [4.69, 9.17) is 5.26 Å². The van der Waals surface area contributed by atoms with Crippen LogP contribution in [0.25, 0.3) is 0 Å². The molecule has 0 aromatic heterocycles. The number of hydrogen-bond donors (Lipinski definition) is 0. The largest absolute Gasteiger partial charge is 0.198 e. The van der Waals surface area contributed by atoms with Gasteiger partial charge in [-0.1, -0.05) is 38.1 Å². The summed E-state index contributed by atoms with van der Waals surface area (Å²) in [4.78, 5) is 0. The Kier molecular flexibility index (Phi) is 5.73. The smallest absolute Gasteiger partial charge is 0.0669 e. The Morgan fingerprint density at radius 3 is 2.33 bits per heavy atom. The molecule has 64 valence electrons. The summed E-state index contributed by atoms with van der Waals surface area (Å²) in [5, 5.41) is 8.39. The van der Waals surface area contributed by atoms with E-state index in [2.05, 4.69) is 6.07 Å². The summed E-state index contributed by atoms with van der Waals surface area (Å²) in [6.07, 6.45) is 0.521. The summed E-state index contributed by atoms with van der Waals surface area (Å²) in [7, 11) is 0. The topological polar surface area (TPSA) is 23.8 Å². The van der Waals surface area contributed by atoms with Gasteiger partial charge < -0.3 is 0 Å². The van der Waals surface area contributed by atoms with Crippen LogP contribution in [-0.2, 0) is 6.42 Å². The summed E-state index contributed by atoms with van der Waals surface area (Å²) in [5.74, 6) is 0. The molecule has 12 heavy (non-hydrogen) atoms. The predicted octanol–water partition coefficient (Wildman–Crippen LogP) is 3.09. The molecule has 0 saturated heterocycles. The van der Waals surface area contributed by atoms with Crippen LogP contribution in [0.5, 0.6) is 0 Å². The van der Waals surface area contributed by atoms with E-state index < -0.39 is 0 Å². The van der Waals surface area contributed by atoms with Gasteiger partial charge in [-0.25, -0.2) is 0 Å². The lowest BCUT2D eigenvalue weighted by Gasteiger charge is -1.97. The lowest BCUT2D eigenvalue weighted by molar-refractivity contribution is 1.21. The molecular weight excluding hydrogens is 146 g/mol. The molecule has 1 aromatic rings. The Bertz CT molecular complexity index is 258. The molecule has 0 heterocycles. The van der Waals surface area contributed by atoms with Gasteiger partial charge >= 0.3 is 0 Å². The van der Waals surface area contributed by atoms with E-state index in [9.17, 15) is 0 Å². The third-order valence-electron chi connectivity index (χ3n) is 1.53. The summed E-state index contributed by atoms with van der Waals surface area (Å²) in [5.41, 5.74) is 2.33. The minimum atomic E-state index is 0.521. The highest BCUT2D eigenvalue weighted by atomic mass is 14.2. The van der Waals surface area contributed by atoms with Gasteiger partial charge in [0.1, 0.15) is 0 Å². The summed E-state index contributed by atoms with van der Waals surface area (Å²) in [6.45, 7) is 6.02. The lowest BCUT2D eigenvalue weighted by atomic mass is 10.1. The number of hydrogen-bond acceptors (Lipinski definition) is 1. The quantitative estimate of drug-likeness (QED) is 0.621. The highest BCUT2D eigenvalue weighted by Gasteiger charge is 1.92. The van der Waals surface area contributed by atoms with Crippen LogP contribution in [0.15, 0.2) is 24.3 Å². The first-order valence-corrected chi connectivity index (χ1v) is 4.26. The van der Waals surface area contributed by atoms with Crippen molar-refractivity contribution >= 4 is 0 Å². The zero-order valence-electron chi connectivity index (χ0n) is 7.96. The van der Waals surface area contributed by atoms with Crippen molar-refractivity contribution in [3.63, 3.8) is 0 Å². The molecule has 1 aromatic carbocycles. The van der Waals surface area contributed by atoms with E-state index in [0.29, 0.717) is 6.42 Å². The minimum absolute atomic E-state index is 0.521. The Labute approximate surface area is 74.7 Å².